The molecule has 4 heteroatoms. The Balaban J connectivity index is 1.81. The van der Waals surface area contributed by atoms with Gasteiger partial charge >= 0.3 is 5.97 Å². The van der Waals surface area contributed by atoms with Crippen molar-refractivity contribution >= 4 is 17.3 Å². The molecule has 1 aliphatic carbocycles. The van der Waals surface area contributed by atoms with E-state index in [1.54, 1.807) is 11.3 Å². The van der Waals surface area contributed by atoms with E-state index in [2.05, 4.69) is 0 Å². The smallest absolute Gasteiger partial charge is 0.313 e. The maximum atomic E-state index is 11.6. The molecule has 1 aromatic heterocycles. The molecule has 0 fully saturated rings. The first-order chi connectivity index (χ1) is 7.25. The third-order valence-corrected chi connectivity index (χ3v) is 3.21. The van der Waals surface area contributed by atoms with Gasteiger partial charge in [-0.1, -0.05) is 18.2 Å². The Labute approximate surface area is 92.5 Å². The summed E-state index contributed by atoms with van der Waals surface area (Å²) in [6.45, 7) is 0.371. The topological polar surface area (TPSA) is 52.3 Å². The molecule has 0 saturated carbocycles. The van der Waals surface area contributed by atoms with E-state index in [9.17, 15) is 4.79 Å². The highest BCUT2D eigenvalue weighted by molar-refractivity contribution is 7.09. The SMILES string of the molecule is NC1C=CC(C(=O)OCc2cccs2)C1. The molecular formula is C11H13NO2S. The van der Waals surface area contributed by atoms with Crippen LogP contribution >= 0.6 is 11.3 Å². The maximum absolute atomic E-state index is 11.6. The fourth-order valence-corrected chi connectivity index (χ4v) is 2.16. The van der Waals surface area contributed by atoms with Gasteiger partial charge < -0.3 is 10.5 Å². The number of carbonyl (C=O) groups is 1. The molecule has 3 nitrogen and oxygen atoms in total. The zero-order valence-electron chi connectivity index (χ0n) is 8.26. The van der Waals surface area contributed by atoms with Crippen LogP contribution in [0.3, 0.4) is 0 Å². The normalized spacial score (nSPS) is 24.3. The molecule has 0 radical (unpaired) electrons. The molecule has 2 unspecified atom stereocenters. The molecule has 1 heterocycles. The van der Waals surface area contributed by atoms with E-state index in [1.807, 2.05) is 29.7 Å². The highest BCUT2D eigenvalue weighted by atomic mass is 32.1. The van der Waals surface area contributed by atoms with Gasteiger partial charge in [0.05, 0.1) is 5.92 Å². The zero-order chi connectivity index (χ0) is 10.7. The summed E-state index contributed by atoms with van der Waals surface area (Å²) < 4.78 is 5.18. The zero-order valence-corrected chi connectivity index (χ0v) is 9.07. The first-order valence-electron chi connectivity index (χ1n) is 4.88. The van der Waals surface area contributed by atoms with E-state index in [0.29, 0.717) is 13.0 Å². The third kappa shape index (κ3) is 2.67. The average molecular weight is 223 g/mol. The quantitative estimate of drug-likeness (QED) is 0.626. The molecule has 80 valence electrons. The molecular weight excluding hydrogens is 210 g/mol. The molecule has 1 aromatic rings. The highest BCUT2D eigenvalue weighted by Gasteiger charge is 2.23. The number of rotatable bonds is 3. The van der Waals surface area contributed by atoms with E-state index in [1.165, 1.54) is 0 Å². The summed E-state index contributed by atoms with van der Waals surface area (Å²) in [5.41, 5.74) is 5.66. The van der Waals surface area contributed by atoms with Crippen LogP contribution in [0.15, 0.2) is 29.7 Å². The monoisotopic (exact) mass is 223 g/mol. The lowest BCUT2D eigenvalue weighted by molar-refractivity contribution is -0.148. The third-order valence-electron chi connectivity index (χ3n) is 2.36. The fraction of sp³-hybridized carbons (Fsp3) is 0.364. The number of ether oxygens (including phenoxy) is 1. The summed E-state index contributed by atoms with van der Waals surface area (Å²) in [5, 5.41) is 1.97. The van der Waals surface area contributed by atoms with Crippen LogP contribution in [0, 0.1) is 5.92 Å². The van der Waals surface area contributed by atoms with Crippen LogP contribution in [0.4, 0.5) is 0 Å². The van der Waals surface area contributed by atoms with Gasteiger partial charge in [0, 0.05) is 10.9 Å². The first-order valence-corrected chi connectivity index (χ1v) is 5.76. The van der Waals surface area contributed by atoms with Gasteiger partial charge in [0.25, 0.3) is 0 Å². The van der Waals surface area contributed by atoms with Crippen LogP contribution in [0.1, 0.15) is 11.3 Å². The molecule has 15 heavy (non-hydrogen) atoms. The van der Waals surface area contributed by atoms with Gasteiger partial charge in [-0.05, 0) is 17.9 Å². The highest BCUT2D eigenvalue weighted by Crippen LogP contribution is 2.19. The number of carbonyl (C=O) groups excluding carboxylic acids is 1. The van der Waals surface area contributed by atoms with Crippen molar-refractivity contribution in [3.63, 3.8) is 0 Å². The van der Waals surface area contributed by atoms with Gasteiger partial charge in [0.2, 0.25) is 0 Å². The molecule has 0 bridgehead atoms. The van der Waals surface area contributed by atoms with Crippen LogP contribution in [0.25, 0.3) is 0 Å². The van der Waals surface area contributed by atoms with Crippen molar-refractivity contribution in [2.24, 2.45) is 11.7 Å². The van der Waals surface area contributed by atoms with Crippen molar-refractivity contribution in [2.45, 2.75) is 19.1 Å². The van der Waals surface area contributed by atoms with Crippen LogP contribution < -0.4 is 5.73 Å². The fourth-order valence-electron chi connectivity index (χ4n) is 1.55. The summed E-state index contributed by atoms with van der Waals surface area (Å²) in [4.78, 5) is 12.6. The first kappa shape index (κ1) is 10.4. The van der Waals surface area contributed by atoms with Gasteiger partial charge in [0.1, 0.15) is 6.61 Å². The number of thiophene rings is 1. The summed E-state index contributed by atoms with van der Waals surface area (Å²) >= 11 is 1.59. The second-order valence-electron chi connectivity index (χ2n) is 3.58. The van der Waals surface area contributed by atoms with Crippen LogP contribution in [0.2, 0.25) is 0 Å². The Kier molecular flexibility index (Phi) is 3.18. The molecule has 1 aliphatic rings. The van der Waals surface area contributed by atoms with E-state index in [0.717, 1.165) is 4.88 Å². The minimum atomic E-state index is -0.174. The number of hydrogen-bond donors (Lipinski definition) is 1. The van der Waals surface area contributed by atoms with Crippen molar-refractivity contribution in [3.05, 3.63) is 34.5 Å². The van der Waals surface area contributed by atoms with Crippen molar-refractivity contribution in [3.8, 4) is 0 Å². The lowest BCUT2D eigenvalue weighted by Gasteiger charge is -2.08. The minimum Gasteiger partial charge on any atom is -0.460 e. The van der Waals surface area contributed by atoms with Crippen LogP contribution in [-0.2, 0) is 16.1 Å². The van der Waals surface area contributed by atoms with Gasteiger partial charge in [-0.25, -0.2) is 0 Å². The Morgan fingerprint density at radius 3 is 3.07 bits per heavy atom. The molecule has 2 N–H and O–H groups in total. The molecule has 0 amide bonds. The molecule has 0 saturated heterocycles. The van der Waals surface area contributed by atoms with E-state index in [-0.39, 0.29) is 17.9 Å². The minimum absolute atomic E-state index is 0.00397. The summed E-state index contributed by atoms with van der Waals surface area (Å²) in [7, 11) is 0. The number of hydrogen-bond acceptors (Lipinski definition) is 4. The number of esters is 1. The van der Waals surface area contributed by atoms with Gasteiger partial charge in [0.15, 0.2) is 0 Å². The van der Waals surface area contributed by atoms with Crippen molar-refractivity contribution in [1.82, 2.24) is 0 Å². The van der Waals surface area contributed by atoms with Gasteiger partial charge in [-0.3, -0.25) is 4.79 Å². The second-order valence-corrected chi connectivity index (χ2v) is 4.61. The van der Waals surface area contributed by atoms with Crippen molar-refractivity contribution in [2.75, 3.05) is 0 Å². The molecule has 0 spiro atoms. The molecule has 2 rings (SSSR count). The molecule has 2 atom stereocenters. The van der Waals surface area contributed by atoms with Crippen LogP contribution in [-0.4, -0.2) is 12.0 Å². The average Bonchev–Trinajstić information content (AvgIpc) is 2.84. The largest absolute Gasteiger partial charge is 0.460 e. The predicted molar refractivity (Wildman–Crippen MR) is 59.3 cm³/mol. The van der Waals surface area contributed by atoms with Crippen molar-refractivity contribution < 1.29 is 9.53 Å². The maximum Gasteiger partial charge on any atom is 0.313 e. The standard InChI is InChI=1S/C11H13NO2S/c12-9-4-3-8(6-9)11(13)14-7-10-2-1-5-15-10/h1-5,8-9H,6-7,12H2. The number of nitrogens with two attached hydrogens (primary N) is 1. The van der Waals surface area contributed by atoms with E-state index >= 15 is 0 Å². The summed E-state index contributed by atoms with van der Waals surface area (Å²) in [6.07, 6.45) is 4.36. The van der Waals surface area contributed by atoms with Crippen molar-refractivity contribution in [1.29, 1.82) is 0 Å². The molecule has 0 aromatic carbocycles. The lowest BCUT2D eigenvalue weighted by atomic mass is 10.1. The Morgan fingerprint density at radius 2 is 2.47 bits per heavy atom. The predicted octanol–water partition coefficient (Wildman–Crippen LogP) is 1.69. The summed E-state index contributed by atoms with van der Waals surface area (Å²) in [6, 6.07) is 3.90. The Hall–Kier alpha value is -1.13. The second kappa shape index (κ2) is 4.59. The van der Waals surface area contributed by atoms with Crippen LogP contribution in [0.5, 0.6) is 0 Å². The Bertz CT molecular complexity index is 359. The molecule has 0 aliphatic heterocycles. The Morgan fingerprint density at radius 1 is 1.60 bits per heavy atom. The van der Waals surface area contributed by atoms with E-state index < -0.39 is 0 Å². The van der Waals surface area contributed by atoms with Gasteiger partial charge in [-0.15, -0.1) is 11.3 Å². The summed E-state index contributed by atoms with van der Waals surface area (Å²) in [5.74, 6) is -0.326. The lowest BCUT2D eigenvalue weighted by Crippen LogP contribution is -2.20. The van der Waals surface area contributed by atoms with E-state index in [4.69, 9.17) is 10.5 Å². The van der Waals surface area contributed by atoms with Gasteiger partial charge in [-0.2, -0.15) is 0 Å².